The van der Waals surface area contributed by atoms with Gasteiger partial charge in [-0.1, -0.05) is 60.7 Å². The van der Waals surface area contributed by atoms with Crippen LogP contribution in [0.15, 0.2) is 60.7 Å². The van der Waals surface area contributed by atoms with E-state index in [1.807, 2.05) is 29.2 Å². The summed E-state index contributed by atoms with van der Waals surface area (Å²) in [4.78, 5) is 14.1. The molecule has 2 heteroatoms. The Balaban J connectivity index is 1.61. The van der Waals surface area contributed by atoms with E-state index in [2.05, 4.69) is 36.4 Å². The van der Waals surface area contributed by atoms with E-state index in [4.69, 9.17) is 0 Å². The summed E-state index contributed by atoms with van der Waals surface area (Å²) < 4.78 is 0. The van der Waals surface area contributed by atoms with Gasteiger partial charge in [-0.25, -0.2) is 0 Å². The predicted octanol–water partition coefficient (Wildman–Crippen LogP) is 3.28. The van der Waals surface area contributed by atoms with Crippen LogP contribution >= 0.6 is 0 Å². The number of hydrogen-bond donors (Lipinski definition) is 0. The molecule has 0 N–H and O–H groups in total. The fraction of sp³-hybridized carbons (Fsp3) is 0.278. The zero-order chi connectivity index (χ0) is 13.8. The number of rotatable bonds is 4. The molecule has 1 aliphatic heterocycles. The maximum absolute atomic E-state index is 12.1. The minimum atomic E-state index is 0.287. The molecule has 0 spiro atoms. The minimum Gasteiger partial charge on any atom is -0.338 e. The van der Waals surface area contributed by atoms with Gasteiger partial charge in [0.1, 0.15) is 0 Å². The van der Waals surface area contributed by atoms with Gasteiger partial charge in [0.15, 0.2) is 0 Å². The largest absolute Gasteiger partial charge is 0.338 e. The Hall–Kier alpha value is -2.09. The van der Waals surface area contributed by atoms with Crippen molar-refractivity contribution in [2.24, 2.45) is 5.92 Å². The summed E-state index contributed by atoms with van der Waals surface area (Å²) >= 11 is 0. The first kappa shape index (κ1) is 12.9. The molecule has 1 atom stereocenters. The van der Waals surface area contributed by atoms with Crippen LogP contribution in [0.1, 0.15) is 17.5 Å². The minimum absolute atomic E-state index is 0.287. The molecule has 1 fully saturated rings. The SMILES string of the molecule is O=C1C[C@@H](Cc2ccccc2)CN1Cc1ccccc1. The third-order valence-corrected chi connectivity index (χ3v) is 3.88. The summed E-state index contributed by atoms with van der Waals surface area (Å²) in [5, 5.41) is 0. The van der Waals surface area contributed by atoms with Gasteiger partial charge >= 0.3 is 0 Å². The fourth-order valence-electron chi connectivity index (χ4n) is 2.89. The summed E-state index contributed by atoms with van der Waals surface area (Å²) in [5.41, 5.74) is 2.54. The summed E-state index contributed by atoms with van der Waals surface area (Å²) in [5.74, 6) is 0.739. The molecule has 3 rings (SSSR count). The monoisotopic (exact) mass is 265 g/mol. The van der Waals surface area contributed by atoms with Crippen LogP contribution in [0.2, 0.25) is 0 Å². The number of hydrogen-bond acceptors (Lipinski definition) is 1. The molecule has 20 heavy (non-hydrogen) atoms. The van der Waals surface area contributed by atoms with Crippen molar-refractivity contribution in [2.75, 3.05) is 6.54 Å². The van der Waals surface area contributed by atoms with E-state index in [-0.39, 0.29) is 5.91 Å². The van der Waals surface area contributed by atoms with Crippen molar-refractivity contribution in [2.45, 2.75) is 19.4 Å². The van der Waals surface area contributed by atoms with Gasteiger partial charge in [0, 0.05) is 19.5 Å². The van der Waals surface area contributed by atoms with Crippen molar-refractivity contribution in [1.29, 1.82) is 0 Å². The summed E-state index contributed by atoms with van der Waals surface area (Å²) in [6.45, 7) is 1.62. The second kappa shape index (κ2) is 5.91. The van der Waals surface area contributed by atoms with Gasteiger partial charge < -0.3 is 4.90 Å². The van der Waals surface area contributed by atoms with Crippen LogP contribution in [0.4, 0.5) is 0 Å². The van der Waals surface area contributed by atoms with Crippen LogP contribution in [0, 0.1) is 5.92 Å². The number of likely N-dealkylation sites (tertiary alicyclic amines) is 1. The Morgan fingerprint density at radius 1 is 0.900 bits per heavy atom. The lowest BCUT2D eigenvalue weighted by Gasteiger charge is -2.16. The molecule has 2 aromatic carbocycles. The highest BCUT2D eigenvalue weighted by Crippen LogP contribution is 2.23. The Labute approximate surface area is 120 Å². The van der Waals surface area contributed by atoms with Gasteiger partial charge in [-0.15, -0.1) is 0 Å². The molecule has 0 radical (unpaired) electrons. The summed E-state index contributed by atoms with van der Waals surface area (Å²) in [6, 6.07) is 20.7. The first-order chi connectivity index (χ1) is 9.81. The fourth-order valence-corrected chi connectivity index (χ4v) is 2.89. The van der Waals surface area contributed by atoms with Crippen molar-refractivity contribution in [3.63, 3.8) is 0 Å². The number of carbonyl (C=O) groups excluding carboxylic acids is 1. The lowest BCUT2D eigenvalue weighted by Crippen LogP contribution is -2.24. The van der Waals surface area contributed by atoms with Gasteiger partial charge in [0.25, 0.3) is 0 Å². The number of nitrogens with zero attached hydrogens (tertiary/aromatic N) is 1. The summed E-state index contributed by atoms with van der Waals surface area (Å²) in [7, 11) is 0. The highest BCUT2D eigenvalue weighted by molar-refractivity contribution is 5.78. The van der Waals surface area contributed by atoms with E-state index in [1.54, 1.807) is 0 Å². The van der Waals surface area contributed by atoms with Crippen molar-refractivity contribution in [1.82, 2.24) is 4.90 Å². The summed E-state index contributed by atoms with van der Waals surface area (Å²) in [6.07, 6.45) is 1.68. The van der Waals surface area contributed by atoms with Gasteiger partial charge in [-0.2, -0.15) is 0 Å². The second-order valence-electron chi connectivity index (χ2n) is 5.52. The molecular weight excluding hydrogens is 246 g/mol. The molecule has 2 nitrogen and oxygen atoms in total. The number of benzene rings is 2. The second-order valence-corrected chi connectivity index (χ2v) is 5.52. The highest BCUT2D eigenvalue weighted by Gasteiger charge is 2.29. The van der Waals surface area contributed by atoms with Crippen molar-refractivity contribution in [3.8, 4) is 0 Å². The highest BCUT2D eigenvalue weighted by atomic mass is 16.2. The Bertz CT molecular complexity index is 564. The smallest absolute Gasteiger partial charge is 0.223 e. The van der Waals surface area contributed by atoms with Crippen LogP contribution < -0.4 is 0 Å². The maximum Gasteiger partial charge on any atom is 0.223 e. The van der Waals surface area contributed by atoms with E-state index in [9.17, 15) is 4.79 Å². The normalized spacial score (nSPS) is 18.5. The molecule has 2 aromatic rings. The molecule has 0 bridgehead atoms. The molecule has 0 aromatic heterocycles. The maximum atomic E-state index is 12.1. The van der Waals surface area contributed by atoms with Gasteiger partial charge in [-0.05, 0) is 23.5 Å². The molecule has 102 valence electrons. The van der Waals surface area contributed by atoms with Crippen LogP contribution in [-0.2, 0) is 17.8 Å². The first-order valence-electron chi connectivity index (χ1n) is 7.17. The van der Waals surface area contributed by atoms with Crippen LogP contribution in [-0.4, -0.2) is 17.4 Å². The molecule has 0 aliphatic carbocycles. The first-order valence-corrected chi connectivity index (χ1v) is 7.17. The molecule has 1 aliphatic rings. The van der Waals surface area contributed by atoms with Crippen LogP contribution in [0.3, 0.4) is 0 Å². The lowest BCUT2D eigenvalue weighted by molar-refractivity contribution is -0.128. The average molecular weight is 265 g/mol. The molecular formula is C18H19NO. The van der Waals surface area contributed by atoms with E-state index < -0.39 is 0 Å². The van der Waals surface area contributed by atoms with Gasteiger partial charge in [0.2, 0.25) is 5.91 Å². The zero-order valence-electron chi connectivity index (χ0n) is 11.5. The van der Waals surface area contributed by atoms with Gasteiger partial charge in [-0.3, -0.25) is 4.79 Å². The molecule has 0 saturated carbocycles. The van der Waals surface area contributed by atoms with E-state index >= 15 is 0 Å². The standard InChI is InChI=1S/C18H19NO/c20-18-12-17(11-15-7-3-1-4-8-15)14-19(18)13-16-9-5-2-6-10-16/h1-10,17H,11-14H2/t17-/m1/s1. The molecule has 1 saturated heterocycles. The van der Waals surface area contributed by atoms with E-state index in [0.717, 1.165) is 19.5 Å². The van der Waals surface area contributed by atoms with E-state index in [0.29, 0.717) is 12.3 Å². The van der Waals surface area contributed by atoms with E-state index in [1.165, 1.54) is 11.1 Å². The third-order valence-electron chi connectivity index (χ3n) is 3.88. The van der Waals surface area contributed by atoms with Crippen LogP contribution in [0.5, 0.6) is 0 Å². The third kappa shape index (κ3) is 3.08. The predicted molar refractivity (Wildman–Crippen MR) is 80.1 cm³/mol. The van der Waals surface area contributed by atoms with Gasteiger partial charge in [0.05, 0.1) is 0 Å². The number of amides is 1. The number of carbonyl (C=O) groups is 1. The zero-order valence-corrected chi connectivity index (χ0v) is 11.5. The molecule has 1 heterocycles. The van der Waals surface area contributed by atoms with Crippen molar-refractivity contribution >= 4 is 5.91 Å². The lowest BCUT2D eigenvalue weighted by atomic mass is 9.99. The van der Waals surface area contributed by atoms with Crippen molar-refractivity contribution in [3.05, 3.63) is 71.8 Å². The van der Waals surface area contributed by atoms with Crippen molar-refractivity contribution < 1.29 is 4.79 Å². The molecule has 1 amide bonds. The topological polar surface area (TPSA) is 20.3 Å². The Morgan fingerprint density at radius 2 is 1.50 bits per heavy atom. The average Bonchev–Trinajstić information content (AvgIpc) is 2.81. The quantitative estimate of drug-likeness (QED) is 0.830. The Kier molecular flexibility index (Phi) is 3.82. The van der Waals surface area contributed by atoms with Crippen LogP contribution in [0.25, 0.3) is 0 Å². The molecule has 0 unspecified atom stereocenters. The Morgan fingerprint density at radius 3 is 2.15 bits per heavy atom.